The van der Waals surface area contributed by atoms with Gasteiger partial charge in [0, 0.05) is 7.05 Å². The molecule has 0 saturated carbocycles. The van der Waals surface area contributed by atoms with E-state index < -0.39 is 11.8 Å². The molecule has 0 amide bonds. The SMILES string of the molecule is Cn1c(Cl)cnc1COc1ccc(F)cc1C(=O)O. The van der Waals surface area contributed by atoms with Crippen LogP contribution in [-0.4, -0.2) is 20.6 Å². The number of imidazole rings is 1. The maximum absolute atomic E-state index is 13.0. The van der Waals surface area contributed by atoms with Crippen molar-refractivity contribution in [1.82, 2.24) is 9.55 Å². The average Bonchev–Trinajstić information content (AvgIpc) is 2.68. The summed E-state index contributed by atoms with van der Waals surface area (Å²) in [6.45, 7) is 0.0368. The molecule has 1 N–H and O–H groups in total. The Labute approximate surface area is 113 Å². The van der Waals surface area contributed by atoms with Gasteiger partial charge in [0.15, 0.2) is 0 Å². The number of ether oxygens (including phenoxy) is 1. The second-order valence-corrected chi connectivity index (χ2v) is 4.18. The molecule has 0 bridgehead atoms. The third-order valence-electron chi connectivity index (χ3n) is 2.56. The van der Waals surface area contributed by atoms with Crippen LogP contribution in [0.25, 0.3) is 0 Å². The van der Waals surface area contributed by atoms with E-state index in [1.54, 1.807) is 11.6 Å². The average molecular weight is 285 g/mol. The quantitative estimate of drug-likeness (QED) is 0.937. The Morgan fingerprint density at radius 1 is 1.58 bits per heavy atom. The summed E-state index contributed by atoms with van der Waals surface area (Å²) in [4.78, 5) is 15.0. The van der Waals surface area contributed by atoms with Gasteiger partial charge in [-0.25, -0.2) is 14.2 Å². The van der Waals surface area contributed by atoms with Gasteiger partial charge in [0.25, 0.3) is 0 Å². The maximum atomic E-state index is 13.0. The summed E-state index contributed by atoms with van der Waals surface area (Å²) in [5.74, 6) is -1.28. The predicted octanol–water partition coefficient (Wildman–Crippen LogP) is 2.49. The van der Waals surface area contributed by atoms with Crippen LogP contribution in [-0.2, 0) is 13.7 Å². The summed E-state index contributed by atoms with van der Waals surface area (Å²) in [5, 5.41) is 9.40. The first-order chi connectivity index (χ1) is 8.99. The van der Waals surface area contributed by atoms with E-state index in [9.17, 15) is 9.18 Å². The van der Waals surface area contributed by atoms with Gasteiger partial charge in [-0.15, -0.1) is 0 Å². The van der Waals surface area contributed by atoms with Crippen LogP contribution in [0, 0.1) is 5.82 Å². The third kappa shape index (κ3) is 2.85. The first-order valence-corrected chi connectivity index (χ1v) is 5.68. The maximum Gasteiger partial charge on any atom is 0.339 e. The number of carboxylic acids is 1. The molecule has 0 saturated heterocycles. The molecule has 2 rings (SSSR count). The Kier molecular flexibility index (Phi) is 3.71. The van der Waals surface area contributed by atoms with E-state index in [2.05, 4.69) is 4.98 Å². The third-order valence-corrected chi connectivity index (χ3v) is 2.91. The van der Waals surface area contributed by atoms with Crippen molar-refractivity contribution in [3.8, 4) is 5.75 Å². The fourth-order valence-corrected chi connectivity index (χ4v) is 1.64. The number of halogens is 2. The van der Waals surface area contributed by atoms with Gasteiger partial charge in [-0.2, -0.15) is 0 Å². The molecule has 0 aliphatic heterocycles. The molecule has 19 heavy (non-hydrogen) atoms. The minimum atomic E-state index is -1.26. The molecule has 0 radical (unpaired) electrons. The highest BCUT2D eigenvalue weighted by molar-refractivity contribution is 6.29. The summed E-state index contributed by atoms with van der Waals surface area (Å²) < 4.78 is 19.9. The minimum Gasteiger partial charge on any atom is -0.485 e. The highest BCUT2D eigenvalue weighted by atomic mass is 35.5. The fraction of sp³-hybridized carbons (Fsp3) is 0.167. The highest BCUT2D eigenvalue weighted by Crippen LogP contribution is 2.21. The van der Waals surface area contributed by atoms with Crippen LogP contribution in [0.5, 0.6) is 5.75 Å². The van der Waals surface area contributed by atoms with Gasteiger partial charge in [-0.05, 0) is 18.2 Å². The zero-order chi connectivity index (χ0) is 14.0. The molecule has 1 heterocycles. The van der Waals surface area contributed by atoms with Gasteiger partial charge in [0.2, 0.25) is 0 Å². The Morgan fingerprint density at radius 2 is 2.32 bits per heavy atom. The van der Waals surface area contributed by atoms with E-state index in [1.165, 1.54) is 12.3 Å². The number of benzene rings is 1. The van der Waals surface area contributed by atoms with Crippen LogP contribution in [0.15, 0.2) is 24.4 Å². The van der Waals surface area contributed by atoms with Crippen LogP contribution in [0.1, 0.15) is 16.2 Å². The first kappa shape index (κ1) is 13.4. The lowest BCUT2D eigenvalue weighted by Gasteiger charge is -2.09. The van der Waals surface area contributed by atoms with E-state index in [0.717, 1.165) is 12.1 Å². The molecule has 2 aromatic rings. The first-order valence-electron chi connectivity index (χ1n) is 5.30. The zero-order valence-electron chi connectivity index (χ0n) is 9.93. The Balaban J connectivity index is 2.20. The van der Waals surface area contributed by atoms with Crippen LogP contribution in [0.2, 0.25) is 5.15 Å². The number of rotatable bonds is 4. The van der Waals surface area contributed by atoms with Gasteiger partial charge >= 0.3 is 5.97 Å². The molecule has 100 valence electrons. The summed E-state index contributed by atoms with van der Waals surface area (Å²) in [7, 11) is 1.71. The number of hydrogen-bond donors (Lipinski definition) is 1. The molecular weight excluding hydrogens is 275 g/mol. The summed E-state index contributed by atoms with van der Waals surface area (Å²) in [5.41, 5.74) is -0.236. The van der Waals surface area contributed by atoms with E-state index in [0.29, 0.717) is 11.0 Å². The fourth-order valence-electron chi connectivity index (χ4n) is 1.50. The van der Waals surface area contributed by atoms with Crippen molar-refractivity contribution in [2.24, 2.45) is 7.05 Å². The van der Waals surface area contributed by atoms with E-state index in [-0.39, 0.29) is 17.9 Å². The number of nitrogens with zero attached hydrogens (tertiary/aromatic N) is 2. The number of carbonyl (C=O) groups is 1. The van der Waals surface area contributed by atoms with Gasteiger partial charge in [-0.3, -0.25) is 0 Å². The predicted molar refractivity (Wildman–Crippen MR) is 65.9 cm³/mol. The molecule has 0 fully saturated rings. The van der Waals surface area contributed by atoms with Crippen LogP contribution >= 0.6 is 11.6 Å². The minimum absolute atomic E-state index is 0.0368. The smallest absolute Gasteiger partial charge is 0.339 e. The zero-order valence-corrected chi connectivity index (χ0v) is 10.7. The molecule has 0 unspecified atom stereocenters. The Morgan fingerprint density at radius 3 is 2.89 bits per heavy atom. The summed E-state index contributed by atoms with van der Waals surface area (Å²) in [6, 6.07) is 3.31. The van der Waals surface area contributed by atoms with Gasteiger partial charge in [0.05, 0.1) is 6.20 Å². The van der Waals surface area contributed by atoms with Crippen molar-refractivity contribution in [3.05, 3.63) is 46.8 Å². The van der Waals surface area contributed by atoms with E-state index in [4.69, 9.17) is 21.4 Å². The highest BCUT2D eigenvalue weighted by Gasteiger charge is 2.14. The molecule has 1 aromatic carbocycles. The lowest BCUT2D eigenvalue weighted by molar-refractivity contribution is 0.0691. The molecule has 0 aliphatic carbocycles. The summed E-state index contributed by atoms with van der Waals surface area (Å²) in [6.07, 6.45) is 1.46. The van der Waals surface area contributed by atoms with Gasteiger partial charge < -0.3 is 14.4 Å². The lowest BCUT2D eigenvalue weighted by Crippen LogP contribution is -2.07. The van der Waals surface area contributed by atoms with Crippen molar-refractivity contribution in [2.75, 3.05) is 0 Å². The van der Waals surface area contributed by atoms with Crippen molar-refractivity contribution < 1.29 is 19.0 Å². The van der Waals surface area contributed by atoms with E-state index >= 15 is 0 Å². The molecule has 0 atom stereocenters. The van der Waals surface area contributed by atoms with E-state index in [1.807, 2.05) is 0 Å². The lowest BCUT2D eigenvalue weighted by atomic mass is 10.2. The molecular formula is C12H10ClFN2O3. The number of hydrogen-bond acceptors (Lipinski definition) is 3. The second-order valence-electron chi connectivity index (χ2n) is 3.79. The Hall–Kier alpha value is -2.08. The van der Waals surface area contributed by atoms with Crippen LogP contribution < -0.4 is 4.74 Å². The van der Waals surface area contributed by atoms with Crippen LogP contribution in [0.4, 0.5) is 4.39 Å². The van der Waals surface area contributed by atoms with Crippen molar-refractivity contribution in [2.45, 2.75) is 6.61 Å². The van der Waals surface area contributed by atoms with Gasteiger partial charge in [0.1, 0.15) is 34.7 Å². The second kappa shape index (κ2) is 5.27. The Bertz CT molecular complexity index is 627. The largest absolute Gasteiger partial charge is 0.485 e. The normalized spacial score (nSPS) is 10.5. The monoisotopic (exact) mass is 284 g/mol. The number of aromatic carboxylic acids is 1. The van der Waals surface area contributed by atoms with Crippen LogP contribution in [0.3, 0.4) is 0 Å². The molecule has 7 heteroatoms. The molecule has 0 aliphatic rings. The van der Waals surface area contributed by atoms with Crippen molar-refractivity contribution >= 4 is 17.6 Å². The molecule has 5 nitrogen and oxygen atoms in total. The molecule has 0 spiro atoms. The van der Waals surface area contributed by atoms with Crippen molar-refractivity contribution in [3.63, 3.8) is 0 Å². The topological polar surface area (TPSA) is 64.4 Å². The van der Waals surface area contributed by atoms with Crippen molar-refractivity contribution in [1.29, 1.82) is 0 Å². The summed E-state index contributed by atoms with van der Waals surface area (Å²) >= 11 is 5.81. The number of aromatic nitrogens is 2. The number of carboxylic acid groups (broad SMARTS) is 1. The van der Waals surface area contributed by atoms with Gasteiger partial charge in [-0.1, -0.05) is 11.6 Å². The molecule has 1 aromatic heterocycles. The standard InChI is InChI=1S/C12H10ClFN2O3/c1-16-10(13)5-15-11(16)6-19-9-3-2-7(14)4-8(9)12(17)18/h2-5H,6H2,1H3,(H,17,18).